The van der Waals surface area contributed by atoms with Gasteiger partial charge in [-0.1, -0.05) is 0 Å². The highest BCUT2D eigenvalue weighted by Crippen LogP contribution is 2.27. The highest BCUT2D eigenvalue weighted by Gasteiger charge is 2.39. The molecular formula is C15H38N2O6Si2. The van der Waals surface area contributed by atoms with Gasteiger partial charge < -0.3 is 38.0 Å². The average molecular weight is 399 g/mol. The van der Waals surface area contributed by atoms with Crippen LogP contribution >= 0.6 is 0 Å². The van der Waals surface area contributed by atoms with Gasteiger partial charge in [0, 0.05) is 60.3 Å². The van der Waals surface area contributed by atoms with Gasteiger partial charge in [-0.3, -0.25) is 0 Å². The number of hydrogen-bond donors (Lipinski definition) is 2. The zero-order valence-electron chi connectivity index (χ0n) is 16.8. The SMILES string of the molecule is CO[Si](CCCC(N)(CCN)CCC[Si](OC)(OC)OC)(OC)OC. The molecular weight excluding hydrogens is 360 g/mol. The molecule has 0 aliphatic heterocycles. The van der Waals surface area contributed by atoms with Gasteiger partial charge in [-0.05, 0) is 38.6 Å². The molecule has 0 aromatic rings. The van der Waals surface area contributed by atoms with Crippen molar-refractivity contribution in [2.75, 3.05) is 49.2 Å². The molecule has 0 aromatic heterocycles. The Morgan fingerprint density at radius 1 is 0.640 bits per heavy atom. The van der Waals surface area contributed by atoms with Gasteiger partial charge >= 0.3 is 17.6 Å². The minimum Gasteiger partial charge on any atom is -0.377 e. The zero-order valence-corrected chi connectivity index (χ0v) is 18.8. The Labute approximate surface area is 155 Å². The fourth-order valence-electron chi connectivity index (χ4n) is 3.09. The van der Waals surface area contributed by atoms with Crippen molar-refractivity contribution >= 4 is 17.6 Å². The molecule has 10 heteroatoms. The maximum absolute atomic E-state index is 6.62. The minimum absolute atomic E-state index is 0.334. The first-order chi connectivity index (χ1) is 11.8. The summed E-state index contributed by atoms with van der Waals surface area (Å²) in [5.74, 6) is 0. The van der Waals surface area contributed by atoms with E-state index in [-0.39, 0.29) is 5.54 Å². The van der Waals surface area contributed by atoms with Crippen molar-refractivity contribution in [1.82, 2.24) is 0 Å². The standard InChI is InChI=1S/C15H38N2O6Si2/c1-18-24(19-2,20-3)13-7-9-15(17,11-12-16)10-8-14-25(21-4,22-5)23-6/h7-14,16-17H2,1-6H3. The van der Waals surface area contributed by atoms with Crippen LogP contribution in [0.25, 0.3) is 0 Å². The van der Waals surface area contributed by atoms with Crippen LogP contribution in [0, 0.1) is 0 Å². The fourth-order valence-corrected chi connectivity index (χ4v) is 6.53. The number of hydrogen-bond acceptors (Lipinski definition) is 8. The van der Waals surface area contributed by atoms with E-state index in [9.17, 15) is 0 Å². The molecule has 0 saturated heterocycles. The van der Waals surface area contributed by atoms with Crippen LogP contribution < -0.4 is 11.5 Å². The Morgan fingerprint density at radius 3 is 1.20 bits per heavy atom. The van der Waals surface area contributed by atoms with Crippen LogP contribution in [-0.2, 0) is 26.6 Å². The second-order valence-electron chi connectivity index (χ2n) is 6.20. The molecule has 0 atom stereocenters. The monoisotopic (exact) mass is 398 g/mol. The molecule has 8 nitrogen and oxygen atoms in total. The van der Waals surface area contributed by atoms with Gasteiger partial charge in [0.15, 0.2) is 0 Å². The van der Waals surface area contributed by atoms with Crippen LogP contribution in [0.4, 0.5) is 0 Å². The van der Waals surface area contributed by atoms with Crippen LogP contribution in [0.1, 0.15) is 32.1 Å². The predicted octanol–water partition coefficient (Wildman–Crippen LogP) is 1.35. The second-order valence-corrected chi connectivity index (χ2v) is 12.4. The van der Waals surface area contributed by atoms with E-state index in [2.05, 4.69) is 0 Å². The van der Waals surface area contributed by atoms with Crippen LogP contribution in [0.3, 0.4) is 0 Å². The molecule has 0 amide bonds. The normalized spacial score (nSPS) is 13.4. The predicted molar refractivity (Wildman–Crippen MR) is 102 cm³/mol. The van der Waals surface area contributed by atoms with Crippen LogP contribution in [-0.4, -0.2) is 72.4 Å². The molecule has 0 aliphatic rings. The lowest BCUT2D eigenvalue weighted by molar-refractivity contribution is 0.120. The third-order valence-corrected chi connectivity index (χ3v) is 10.5. The molecule has 0 bridgehead atoms. The molecule has 0 rings (SSSR count). The van der Waals surface area contributed by atoms with E-state index in [1.54, 1.807) is 42.7 Å². The van der Waals surface area contributed by atoms with Crippen molar-refractivity contribution in [3.63, 3.8) is 0 Å². The zero-order chi connectivity index (χ0) is 19.4. The number of nitrogens with two attached hydrogens (primary N) is 2. The third-order valence-electron chi connectivity index (χ3n) is 4.82. The molecule has 0 aliphatic carbocycles. The summed E-state index contributed by atoms with van der Waals surface area (Å²) in [7, 11) is 4.63. The summed E-state index contributed by atoms with van der Waals surface area (Å²) in [4.78, 5) is 0. The second kappa shape index (κ2) is 12.5. The fraction of sp³-hybridized carbons (Fsp3) is 1.00. The highest BCUT2D eigenvalue weighted by atomic mass is 28.4. The summed E-state index contributed by atoms with van der Waals surface area (Å²) in [6.07, 6.45) is 4.14. The largest absolute Gasteiger partial charge is 0.500 e. The first-order valence-corrected chi connectivity index (χ1v) is 12.5. The first-order valence-electron chi connectivity index (χ1n) is 8.64. The van der Waals surface area contributed by atoms with E-state index in [1.165, 1.54) is 0 Å². The van der Waals surface area contributed by atoms with Crippen LogP contribution in [0.2, 0.25) is 12.1 Å². The van der Waals surface area contributed by atoms with Gasteiger partial charge in [0.25, 0.3) is 0 Å². The molecule has 0 unspecified atom stereocenters. The summed E-state index contributed by atoms with van der Waals surface area (Å²) in [6, 6.07) is 1.46. The maximum atomic E-state index is 6.62. The van der Waals surface area contributed by atoms with Crippen molar-refractivity contribution < 1.29 is 26.6 Å². The van der Waals surface area contributed by atoms with Gasteiger partial charge in [-0.25, -0.2) is 0 Å². The topological polar surface area (TPSA) is 107 Å². The Hall–Kier alpha value is 0.114. The summed E-state index contributed by atoms with van der Waals surface area (Å²) in [5, 5.41) is 0. The summed E-state index contributed by atoms with van der Waals surface area (Å²) < 4.78 is 32.8. The summed E-state index contributed by atoms with van der Waals surface area (Å²) in [6.45, 7) is 0.555. The number of rotatable bonds is 16. The smallest absolute Gasteiger partial charge is 0.377 e. The first kappa shape index (κ1) is 25.1. The highest BCUT2D eigenvalue weighted by molar-refractivity contribution is 6.60. The Bertz CT molecular complexity index is 301. The van der Waals surface area contributed by atoms with E-state index < -0.39 is 17.6 Å². The molecule has 0 spiro atoms. The van der Waals surface area contributed by atoms with Crippen molar-refractivity contribution in [1.29, 1.82) is 0 Å². The molecule has 0 radical (unpaired) electrons. The minimum atomic E-state index is -2.56. The van der Waals surface area contributed by atoms with Crippen molar-refractivity contribution in [2.24, 2.45) is 11.5 Å². The van der Waals surface area contributed by atoms with E-state index in [1.807, 2.05) is 0 Å². The van der Waals surface area contributed by atoms with E-state index in [0.29, 0.717) is 6.54 Å². The van der Waals surface area contributed by atoms with Crippen molar-refractivity contribution in [3.05, 3.63) is 0 Å². The van der Waals surface area contributed by atoms with Gasteiger partial charge in [0.2, 0.25) is 0 Å². The Morgan fingerprint density at radius 2 is 0.960 bits per heavy atom. The van der Waals surface area contributed by atoms with Gasteiger partial charge in [-0.15, -0.1) is 0 Å². The van der Waals surface area contributed by atoms with Gasteiger partial charge in [0.1, 0.15) is 0 Å². The van der Waals surface area contributed by atoms with Crippen LogP contribution in [0.5, 0.6) is 0 Å². The summed E-state index contributed by atoms with van der Waals surface area (Å²) in [5.41, 5.74) is 12.1. The molecule has 0 fully saturated rings. The Kier molecular flexibility index (Phi) is 12.5. The van der Waals surface area contributed by atoms with Gasteiger partial charge in [-0.2, -0.15) is 0 Å². The van der Waals surface area contributed by atoms with Crippen molar-refractivity contribution in [3.8, 4) is 0 Å². The van der Waals surface area contributed by atoms with Gasteiger partial charge in [0.05, 0.1) is 0 Å². The van der Waals surface area contributed by atoms with E-state index in [0.717, 1.165) is 44.2 Å². The quantitative estimate of drug-likeness (QED) is 0.375. The molecule has 0 saturated carbocycles. The lowest BCUT2D eigenvalue weighted by Gasteiger charge is -2.32. The van der Waals surface area contributed by atoms with E-state index >= 15 is 0 Å². The summed E-state index contributed by atoms with van der Waals surface area (Å²) >= 11 is 0. The molecule has 152 valence electrons. The van der Waals surface area contributed by atoms with Crippen LogP contribution in [0.15, 0.2) is 0 Å². The van der Waals surface area contributed by atoms with Crippen molar-refractivity contribution in [2.45, 2.75) is 49.7 Å². The average Bonchev–Trinajstić information content (AvgIpc) is 2.63. The Balaban J connectivity index is 4.63. The molecule has 0 heterocycles. The lowest BCUT2D eigenvalue weighted by Crippen LogP contribution is -2.46. The third kappa shape index (κ3) is 8.12. The molecule has 25 heavy (non-hydrogen) atoms. The maximum Gasteiger partial charge on any atom is 0.500 e. The molecule has 4 N–H and O–H groups in total. The lowest BCUT2D eigenvalue weighted by atomic mass is 9.86. The molecule has 0 aromatic carbocycles. The van der Waals surface area contributed by atoms with E-state index in [4.69, 9.17) is 38.0 Å².